The molecule has 0 saturated heterocycles. The number of thioether (sulfide) groups is 1. The number of benzene rings is 1. The Morgan fingerprint density at radius 2 is 1.96 bits per heavy atom. The van der Waals surface area contributed by atoms with Crippen LogP contribution in [0.25, 0.3) is 16.9 Å². The Labute approximate surface area is 169 Å². The van der Waals surface area contributed by atoms with Crippen LogP contribution in [0.2, 0.25) is 0 Å². The first-order valence-corrected chi connectivity index (χ1v) is 10.3. The minimum atomic E-state index is 0.0922. The number of nitrogens with one attached hydrogen (secondary N) is 1. The van der Waals surface area contributed by atoms with Crippen LogP contribution in [-0.2, 0) is 0 Å². The van der Waals surface area contributed by atoms with Crippen molar-refractivity contribution >= 4 is 35.2 Å². The topological polar surface area (TPSA) is 41.8 Å². The zero-order valence-electron chi connectivity index (χ0n) is 16.6. The van der Waals surface area contributed by atoms with Gasteiger partial charge in [-0.3, -0.25) is 4.40 Å². The van der Waals surface area contributed by atoms with E-state index < -0.39 is 0 Å². The predicted molar refractivity (Wildman–Crippen MR) is 118 cm³/mol. The van der Waals surface area contributed by atoms with Crippen molar-refractivity contribution in [1.29, 1.82) is 0 Å². The van der Waals surface area contributed by atoms with Crippen LogP contribution in [0.15, 0.2) is 47.6 Å². The highest BCUT2D eigenvalue weighted by molar-refractivity contribution is 8.00. The molecule has 7 heteroatoms. The number of nitrogens with zero attached hydrogens (tertiary/aromatic N) is 3. The number of aromatic nitrogens is 2. The van der Waals surface area contributed by atoms with Crippen molar-refractivity contribution < 1.29 is 4.74 Å². The SMILES string of the molecule is COc1cc2ncc(-c3cccc(NSN(C)C)c3)n2cc1SC(C)(C)C. The molecule has 0 saturated carbocycles. The number of methoxy groups -OCH3 is 1. The van der Waals surface area contributed by atoms with E-state index in [-0.39, 0.29) is 4.75 Å². The number of imidazole rings is 1. The molecule has 1 aromatic carbocycles. The van der Waals surface area contributed by atoms with E-state index in [1.54, 1.807) is 31.0 Å². The molecule has 0 aliphatic heterocycles. The molecule has 0 radical (unpaired) electrons. The summed E-state index contributed by atoms with van der Waals surface area (Å²) in [6, 6.07) is 10.4. The molecule has 0 amide bonds. The van der Waals surface area contributed by atoms with E-state index >= 15 is 0 Å². The van der Waals surface area contributed by atoms with Crippen molar-refractivity contribution in [2.75, 3.05) is 25.9 Å². The molecule has 1 N–H and O–H groups in total. The molecule has 0 fully saturated rings. The van der Waals surface area contributed by atoms with Gasteiger partial charge in [0.15, 0.2) is 0 Å². The van der Waals surface area contributed by atoms with Crippen molar-refractivity contribution in [2.24, 2.45) is 0 Å². The van der Waals surface area contributed by atoms with Crippen LogP contribution in [0, 0.1) is 0 Å². The third-order valence-electron chi connectivity index (χ3n) is 3.72. The van der Waals surface area contributed by atoms with Crippen LogP contribution in [-0.4, -0.2) is 39.6 Å². The van der Waals surface area contributed by atoms with Crippen molar-refractivity contribution in [1.82, 2.24) is 13.7 Å². The fourth-order valence-corrected chi connectivity index (χ4v) is 4.13. The number of rotatable bonds is 6. The smallest absolute Gasteiger partial charge is 0.140 e. The Bertz CT molecular complexity index is 931. The number of hydrogen-bond donors (Lipinski definition) is 1. The van der Waals surface area contributed by atoms with Gasteiger partial charge in [-0.05, 0) is 26.2 Å². The Hall–Kier alpha value is -1.83. The summed E-state index contributed by atoms with van der Waals surface area (Å²) in [5.74, 6) is 0.859. The van der Waals surface area contributed by atoms with Gasteiger partial charge in [-0.15, -0.1) is 11.8 Å². The fourth-order valence-electron chi connectivity index (χ4n) is 2.65. The first kappa shape index (κ1) is 19.9. The lowest BCUT2D eigenvalue weighted by Crippen LogP contribution is -2.07. The van der Waals surface area contributed by atoms with Crippen molar-refractivity contribution in [3.8, 4) is 17.0 Å². The van der Waals surface area contributed by atoms with Crippen LogP contribution in [0.4, 0.5) is 5.69 Å². The van der Waals surface area contributed by atoms with Crippen LogP contribution < -0.4 is 9.46 Å². The lowest BCUT2D eigenvalue weighted by Gasteiger charge is -2.19. The summed E-state index contributed by atoms with van der Waals surface area (Å²) in [6.45, 7) is 6.61. The minimum Gasteiger partial charge on any atom is -0.495 e. The molecule has 2 heterocycles. The zero-order chi connectivity index (χ0) is 19.6. The Morgan fingerprint density at radius 3 is 2.63 bits per heavy atom. The molecule has 3 rings (SSSR count). The molecular weight excluding hydrogens is 376 g/mol. The normalized spacial score (nSPS) is 12.0. The van der Waals surface area contributed by atoms with Gasteiger partial charge in [-0.25, -0.2) is 9.29 Å². The van der Waals surface area contributed by atoms with E-state index in [2.05, 4.69) is 65.3 Å². The summed E-state index contributed by atoms with van der Waals surface area (Å²) in [6.07, 6.45) is 4.04. The van der Waals surface area contributed by atoms with E-state index in [9.17, 15) is 0 Å². The molecule has 0 bridgehead atoms. The van der Waals surface area contributed by atoms with Crippen molar-refractivity contribution in [3.63, 3.8) is 0 Å². The highest BCUT2D eigenvalue weighted by atomic mass is 32.2. The monoisotopic (exact) mass is 402 g/mol. The van der Waals surface area contributed by atoms with Gasteiger partial charge in [-0.2, -0.15) is 0 Å². The molecular formula is C20H26N4OS2. The zero-order valence-corrected chi connectivity index (χ0v) is 18.2. The second-order valence-electron chi connectivity index (χ2n) is 7.38. The Balaban J connectivity index is 2.02. The first-order chi connectivity index (χ1) is 12.8. The molecule has 5 nitrogen and oxygen atoms in total. The lowest BCUT2D eigenvalue weighted by atomic mass is 10.1. The maximum atomic E-state index is 5.60. The number of anilines is 1. The molecule has 3 aromatic rings. The summed E-state index contributed by atoms with van der Waals surface area (Å²) < 4.78 is 13.2. The lowest BCUT2D eigenvalue weighted by molar-refractivity contribution is 0.404. The van der Waals surface area contributed by atoms with Crippen LogP contribution in [0.1, 0.15) is 20.8 Å². The molecule has 0 unspecified atom stereocenters. The van der Waals surface area contributed by atoms with E-state index in [1.165, 1.54) is 0 Å². The highest BCUT2D eigenvalue weighted by Crippen LogP contribution is 2.39. The summed E-state index contributed by atoms with van der Waals surface area (Å²) in [4.78, 5) is 5.69. The number of pyridine rings is 1. The Kier molecular flexibility index (Phi) is 5.93. The minimum absolute atomic E-state index is 0.0922. The second-order valence-corrected chi connectivity index (χ2v) is 10.4. The average molecular weight is 403 g/mol. The van der Waals surface area contributed by atoms with Crippen LogP contribution in [0.3, 0.4) is 0 Å². The maximum absolute atomic E-state index is 5.60. The summed E-state index contributed by atoms with van der Waals surface area (Å²) in [5, 5.41) is 0. The summed E-state index contributed by atoms with van der Waals surface area (Å²) in [5.41, 5.74) is 4.10. The standard InChI is InChI=1S/C20H26N4OS2/c1-20(2,3)26-18-13-24-16(12-21-19(24)11-17(18)25-6)14-8-7-9-15(10-14)22-27-23(4)5/h7-13,22H,1-6H3. The number of ether oxygens (including phenoxy) is 1. The Morgan fingerprint density at radius 1 is 1.19 bits per heavy atom. The molecule has 0 spiro atoms. The molecule has 144 valence electrons. The van der Waals surface area contributed by atoms with E-state index in [4.69, 9.17) is 4.74 Å². The molecule has 0 aliphatic rings. The molecule has 2 aromatic heterocycles. The predicted octanol–water partition coefficient (Wildman–Crippen LogP) is 5.44. The van der Waals surface area contributed by atoms with Gasteiger partial charge < -0.3 is 9.46 Å². The quantitative estimate of drug-likeness (QED) is 0.437. The van der Waals surface area contributed by atoms with Gasteiger partial charge in [0.2, 0.25) is 0 Å². The number of hydrogen-bond acceptors (Lipinski definition) is 6. The largest absolute Gasteiger partial charge is 0.495 e. The van der Waals surface area contributed by atoms with Gasteiger partial charge in [0.05, 0.1) is 23.9 Å². The molecule has 0 atom stereocenters. The van der Waals surface area contributed by atoms with Gasteiger partial charge in [0.25, 0.3) is 0 Å². The van der Waals surface area contributed by atoms with Gasteiger partial charge >= 0.3 is 0 Å². The summed E-state index contributed by atoms with van der Waals surface area (Å²) in [7, 11) is 5.72. The van der Waals surface area contributed by atoms with E-state index in [0.717, 1.165) is 33.2 Å². The second kappa shape index (κ2) is 8.04. The third kappa shape index (κ3) is 4.91. The number of fused-ring (bicyclic) bond motifs is 1. The van der Waals surface area contributed by atoms with Crippen LogP contribution in [0.5, 0.6) is 5.75 Å². The maximum Gasteiger partial charge on any atom is 0.140 e. The van der Waals surface area contributed by atoms with E-state index in [1.807, 2.05) is 30.7 Å². The van der Waals surface area contributed by atoms with Gasteiger partial charge in [-0.1, -0.05) is 32.9 Å². The van der Waals surface area contributed by atoms with E-state index in [0.29, 0.717) is 0 Å². The van der Waals surface area contributed by atoms with Crippen molar-refractivity contribution in [3.05, 3.63) is 42.7 Å². The van der Waals surface area contributed by atoms with Crippen LogP contribution >= 0.6 is 23.9 Å². The highest BCUT2D eigenvalue weighted by Gasteiger charge is 2.18. The third-order valence-corrected chi connectivity index (χ3v) is 5.55. The van der Waals surface area contributed by atoms with Gasteiger partial charge in [0.1, 0.15) is 11.4 Å². The average Bonchev–Trinajstić information content (AvgIpc) is 3.01. The van der Waals surface area contributed by atoms with Crippen molar-refractivity contribution in [2.45, 2.75) is 30.4 Å². The molecule has 0 aliphatic carbocycles. The van der Waals surface area contributed by atoms with Gasteiger partial charge in [0, 0.05) is 40.4 Å². The first-order valence-electron chi connectivity index (χ1n) is 8.72. The fraction of sp³-hybridized carbons (Fsp3) is 0.350. The molecule has 27 heavy (non-hydrogen) atoms. The summed E-state index contributed by atoms with van der Waals surface area (Å²) >= 11 is 3.34.